The van der Waals surface area contributed by atoms with Gasteiger partial charge in [-0.25, -0.2) is 4.98 Å². The van der Waals surface area contributed by atoms with Gasteiger partial charge in [0.15, 0.2) is 0 Å². The number of hydrogen-bond donors (Lipinski definition) is 0. The van der Waals surface area contributed by atoms with Crippen LogP contribution in [0.5, 0.6) is 0 Å². The Balaban J connectivity index is 2.17. The molecule has 1 aromatic rings. The first-order chi connectivity index (χ1) is 12.3. The van der Waals surface area contributed by atoms with Crippen LogP contribution in [0.25, 0.3) is 17.3 Å². The third-order valence-corrected chi connectivity index (χ3v) is 4.44. The van der Waals surface area contributed by atoms with Crippen LogP contribution in [0.1, 0.15) is 50.3 Å². The van der Waals surface area contributed by atoms with E-state index in [1.807, 2.05) is 6.92 Å². The van der Waals surface area contributed by atoms with E-state index in [1.54, 1.807) is 0 Å². The predicted octanol–water partition coefficient (Wildman–Crippen LogP) is 6.13. The van der Waals surface area contributed by atoms with E-state index in [1.165, 1.54) is 16.8 Å². The van der Waals surface area contributed by atoms with E-state index < -0.39 is 0 Å². The molecule has 0 fully saturated rings. The van der Waals surface area contributed by atoms with Crippen molar-refractivity contribution in [2.45, 2.75) is 39.5 Å². The first-order valence-corrected chi connectivity index (χ1v) is 9.15. The van der Waals surface area contributed by atoms with Crippen molar-refractivity contribution in [3.63, 3.8) is 0 Å². The second-order valence-electron chi connectivity index (χ2n) is 6.18. The van der Waals surface area contributed by atoms with Gasteiger partial charge >= 0.3 is 0 Å². The molecule has 2 heterocycles. The molecule has 0 saturated carbocycles. The van der Waals surface area contributed by atoms with E-state index in [9.17, 15) is 0 Å². The molecule has 0 aromatic carbocycles. The van der Waals surface area contributed by atoms with Gasteiger partial charge < -0.3 is 4.57 Å². The smallest absolute Gasteiger partial charge is 0.140 e. The predicted molar refractivity (Wildman–Crippen MR) is 109 cm³/mol. The molecular formula is C23H26N2. The van der Waals surface area contributed by atoms with Crippen molar-refractivity contribution in [3.8, 4) is 0 Å². The molecule has 1 aromatic heterocycles. The lowest BCUT2D eigenvalue weighted by Crippen LogP contribution is -1.99. The standard InChI is InChI=1S/C23H26N2/c1-3-5-14-19(4-2)23-24-22(20-15-10-7-6-8-11-16-20)21-17-12-9-13-18-25(21)23/h3,5,7,9-16,18H,4,6,8,17H2,1-2H3/b5-3-,10-7-,16-11?,19-14+,20-15?. The quantitative estimate of drug-likeness (QED) is 0.608. The topological polar surface area (TPSA) is 17.8 Å². The van der Waals surface area contributed by atoms with Gasteiger partial charge in [0.25, 0.3) is 0 Å². The van der Waals surface area contributed by atoms with Crippen LogP contribution < -0.4 is 0 Å². The summed E-state index contributed by atoms with van der Waals surface area (Å²) < 4.78 is 2.26. The highest BCUT2D eigenvalue weighted by molar-refractivity contribution is 5.78. The second-order valence-corrected chi connectivity index (χ2v) is 6.18. The molecule has 3 rings (SSSR count). The zero-order valence-corrected chi connectivity index (χ0v) is 15.2. The van der Waals surface area contributed by atoms with Gasteiger partial charge in [0.1, 0.15) is 5.82 Å². The monoisotopic (exact) mass is 330 g/mol. The van der Waals surface area contributed by atoms with Crippen LogP contribution in [-0.2, 0) is 6.42 Å². The third-order valence-electron chi connectivity index (χ3n) is 4.44. The number of imidazole rings is 1. The van der Waals surface area contributed by atoms with Crippen LogP contribution in [0.15, 0.2) is 66.8 Å². The van der Waals surface area contributed by atoms with Gasteiger partial charge in [-0.05, 0) is 37.8 Å². The molecule has 0 amide bonds. The minimum absolute atomic E-state index is 0.894. The highest BCUT2D eigenvalue weighted by atomic mass is 15.1. The molecule has 0 unspecified atom stereocenters. The highest BCUT2D eigenvalue weighted by Crippen LogP contribution is 2.29. The zero-order valence-electron chi connectivity index (χ0n) is 15.2. The van der Waals surface area contributed by atoms with Crippen molar-refractivity contribution in [2.24, 2.45) is 0 Å². The van der Waals surface area contributed by atoms with Gasteiger partial charge in [-0.3, -0.25) is 0 Å². The first-order valence-electron chi connectivity index (χ1n) is 9.15. The summed E-state index contributed by atoms with van der Waals surface area (Å²) in [5.74, 6) is 1.05. The fourth-order valence-corrected chi connectivity index (χ4v) is 3.12. The van der Waals surface area contributed by atoms with Crippen LogP contribution in [0.3, 0.4) is 0 Å². The summed E-state index contributed by atoms with van der Waals surface area (Å²) in [5.41, 5.74) is 4.79. The zero-order chi connectivity index (χ0) is 17.5. The van der Waals surface area contributed by atoms with Crippen LogP contribution in [-0.4, -0.2) is 9.55 Å². The summed E-state index contributed by atoms with van der Waals surface area (Å²) in [4.78, 5) is 5.08. The number of aromatic nitrogens is 2. The average molecular weight is 330 g/mol. The fraction of sp³-hybridized carbons (Fsp3) is 0.261. The molecule has 0 radical (unpaired) electrons. The Labute approximate surface area is 151 Å². The molecule has 2 aliphatic rings. The van der Waals surface area contributed by atoms with E-state index in [4.69, 9.17) is 4.98 Å². The Kier molecular flexibility index (Phi) is 5.84. The second kappa shape index (κ2) is 8.48. The van der Waals surface area contributed by atoms with Crippen molar-refractivity contribution < 1.29 is 0 Å². The van der Waals surface area contributed by atoms with E-state index in [0.29, 0.717) is 0 Å². The number of rotatable bonds is 4. The third kappa shape index (κ3) is 3.90. The fourth-order valence-electron chi connectivity index (χ4n) is 3.12. The van der Waals surface area contributed by atoms with Crippen molar-refractivity contribution >= 4 is 17.3 Å². The lowest BCUT2D eigenvalue weighted by Gasteiger charge is -2.07. The summed E-state index contributed by atoms with van der Waals surface area (Å²) in [6.07, 6.45) is 29.9. The molecule has 2 nitrogen and oxygen atoms in total. The lowest BCUT2D eigenvalue weighted by molar-refractivity contribution is 0.992. The summed E-state index contributed by atoms with van der Waals surface area (Å²) in [6.45, 7) is 4.23. The summed E-state index contributed by atoms with van der Waals surface area (Å²) in [7, 11) is 0. The molecule has 128 valence electrons. The summed E-state index contributed by atoms with van der Waals surface area (Å²) in [6, 6.07) is 0. The minimum Gasteiger partial charge on any atom is -0.303 e. The Morgan fingerprint density at radius 2 is 2.04 bits per heavy atom. The largest absolute Gasteiger partial charge is 0.303 e. The molecule has 25 heavy (non-hydrogen) atoms. The van der Waals surface area contributed by atoms with Gasteiger partial charge in [-0.2, -0.15) is 0 Å². The van der Waals surface area contributed by atoms with E-state index in [-0.39, 0.29) is 0 Å². The molecule has 0 saturated heterocycles. The van der Waals surface area contributed by atoms with Crippen LogP contribution in [0.2, 0.25) is 0 Å². The summed E-state index contributed by atoms with van der Waals surface area (Å²) >= 11 is 0. The van der Waals surface area contributed by atoms with Gasteiger partial charge in [0.2, 0.25) is 0 Å². The van der Waals surface area contributed by atoms with Crippen molar-refractivity contribution in [1.29, 1.82) is 0 Å². The number of allylic oxidation sites excluding steroid dienone is 13. The Hall–Kier alpha value is -2.61. The Morgan fingerprint density at radius 3 is 2.88 bits per heavy atom. The van der Waals surface area contributed by atoms with Crippen LogP contribution in [0, 0.1) is 0 Å². The maximum Gasteiger partial charge on any atom is 0.140 e. The highest BCUT2D eigenvalue weighted by Gasteiger charge is 2.19. The van der Waals surface area contributed by atoms with Crippen LogP contribution >= 0.6 is 0 Å². The Bertz CT molecular complexity index is 821. The first kappa shape index (κ1) is 17.2. The van der Waals surface area contributed by atoms with E-state index in [0.717, 1.165) is 37.2 Å². The van der Waals surface area contributed by atoms with E-state index in [2.05, 4.69) is 84.5 Å². The number of fused-ring (bicyclic) bond motifs is 1. The van der Waals surface area contributed by atoms with Gasteiger partial charge in [0, 0.05) is 18.2 Å². The van der Waals surface area contributed by atoms with Gasteiger partial charge in [0.05, 0.1) is 11.4 Å². The molecule has 0 bridgehead atoms. The average Bonchev–Trinajstić information content (AvgIpc) is 2.79. The van der Waals surface area contributed by atoms with Gasteiger partial charge in [-0.1, -0.05) is 67.7 Å². The molecule has 1 aliphatic carbocycles. The van der Waals surface area contributed by atoms with E-state index >= 15 is 0 Å². The van der Waals surface area contributed by atoms with Crippen molar-refractivity contribution in [1.82, 2.24) is 9.55 Å². The normalized spacial score (nSPS) is 18.6. The molecular weight excluding hydrogens is 304 g/mol. The maximum atomic E-state index is 5.08. The van der Waals surface area contributed by atoms with Crippen molar-refractivity contribution in [2.75, 3.05) is 0 Å². The number of nitrogens with zero attached hydrogens (tertiary/aromatic N) is 2. The van der Waals surface area contributed by atoms with Gasteiger partial charge in [-0.15, -0.1) is 0 Å². The molecule has 0 N–H and O–H groups in total. The maximum absolute atomic E-state index is 5.08. The Morgan fingerprint density at radius 1 is 1.16 bits per heavy atom. The molecule has 0 atom stereocenters. The lowest BCUT2D eigenvalue weighted by atomic mass is 10.1. The minimum atomic E-state index is 0.894. The van der Waals surface area contributed by atoms with Crippen LogP contribution in [0.4, 0.5) is 0 Å². The molecule has 2 heteroatoms. The van der Waals surface area contributed by atoms with Crippen molar-refractivity contribution in [3.05, 3.63) is 84.0 Å². The number of hydrogen-bond acceptors (Lipinski definition) is 1. The summed E-state index contributed by atoms with van der Waals surface area (Å²) in [5, 5.41) is 0. The molecule has 1 aliphatic heterocycles. The SMILES string of the molecule is C/C=C\C=C(/CC)c1nc(C2=C/C=C\CCC=C2)c2n1C=CC=CC2. The molecule has 0 spiro atoms.